The molecule has 15 rings (SSSR count). The average molecular weight is 853 g/mol. The molecule has 4 heterocycles. The van der Waals surface area contributed by atoms with Gasteiger partial charge in [-0.1, -0.05) is 158 Å². The molecule has 0 aliphatic heterocycles. The molecule has 0 saturated carbocycles. The normalized spacial score (nSPS) is 12.2. The Morgan fingerprint density at radius 1 is 0.343 bits per heavy atom. The fraction of sp³-hybridized carbons (Fsp3) is 0. The maximum absolute atomic E-state index is 6.59. The first-order valence-electron chi connectivity index (χ1n) is 22.8. The van der Waals surface area contributed by atoms with Gasteiger partial charge < -0.3 is 13.6 Å². The molecular formula is C62H36N4O. The van der Waals surface area contributed by atoms with Crippen molar-refractivity contribution in [1.82, 2.24) is 19.1 Å². The number of benzene rings is 11. The highest BCUT2D eigenvalue weighted by Gasteiger charge is 2.22. The van der Waals surface area contributed by atoms with Gasteiger partial charge in [0.1, 0.15) is 11.2 Å². The molecular weight excluding hydrogens is 817 g/mol. The molecule has 4 aromatic heterocycles. The maximum atomic E-state index is 6.59. The zero-order valence-electron chi connectivity index (χ0n) is 36.0. The van der Waals surface area contributed by atoms with Gasteiger partial charge in [0.05, 0.1) is 39.0 Å². The number of hydrogen-bond donors (Lipinski definition) is 0. The van der Waals surface area contributed by atoms with E-state index in [-0.39, 0.29) is 0 Å². The lowest BCUT2D eigenvalue weighted by molar-refractivity contribution is 0.670. The number of rotatable bonds is 4. The lowest BCUT2D eigenvalue weighted by Crippen LogP contribution is -2.00. The molecule has 310 valence electrons. The van der Waals surface area contributed by atoms with Gasteiger partial charge in [-0.25, -0.2) is 9.97 Å². The summed E-state index contributed by atoms with van der Waals surface area (Å²) in [5, 5.41) is 15.1. The van der Waals surface area contributed by atoms with Gasteiger partial charge in [0.15, 0.2) is 5.82 Å². The highest BCUT2D eigenvalue weighted by atomic mass is 16.3. The number of hydrogen-bond acceptors (Lipinski definition) is 3. The van der Waals surface area contributed by atoms with Gasteiger partial charge in [-0.15, -0.1) is 0 Å². The van der Waals surface area contributed by atoms with Crippen molar-refractivity contribution >= 4 is 109 Å². The summed E-state index contributed by atoms with van der Waals surface area (Å²) in [6, 6.07) is 78.6. The Morgan fingerprint density at radius 2 is 1.00 bits per heavy atom. The fourth-order valence-corrected chi connectivity index (χ4v) is 11.1. The van der Waals surface area contributed by atoms with Crippen LogP contribution < -0.4 is 0 Å². The van der Waals surface area contributed by atoms with E-state index in [1.165, 1.54) is 54.1 Å². The highest BCUT2D eigenvalue weighted by molar-refractivity contribution is 6.20. The van der Waals surface area contributed by atoms with Crippen LogP contribution in [-0.2, 0) is 0 Å². The molecule has 67 heavy (non-hydrogen) atoms. The first-order valence-corrected chi connectivity index (χ1v) is 22.8. The SMILES string of the molecule is c1ccc2cc3c(cc2c1)c1ccc(-n2c4ccccc4c4ccc5ccccc5c42)cc1n3-c1ccc(-c2nc(-c3cccc4c3oc3ccccc34)c3ccccc3n2)c2ccccc12. The fourth-order valence-electron chi connectivity index (χ4n) is 11.1. The minimum absolute atomic E-state index is 0.665. The van der Waals surface area contributed by atoms with Crippen molar-refractivity contribution in [3.63, 3.8) is 0 Å². The third-order valence-electron chi connectivity index (χ3n) is 14.1. The molecule has 5 nitrogen and oxygen atoms in total. The minimum atomic E-state index is 0.665. The molecule has 0 bridgehead atoms. The molecule has 0 aliphatic carbocycles. The summed E-state index contributed by atoms with van der Waals surface area (Å²) in [5.41, 5.74) is 12.2. The Bertz CT molecular complexity index is 4590. The molecule has 0 atom stereocenters. The Hall–Kier alpha value is -9.06. The number of fused-ring (bicyclic) bond motifs is 14. The van der Waals surface area contributed by atoms with Crippen LogP contribution >= 0.6 is 0 Å². The average Bonchev–Trinajstić information content (AvgIpc) is 4.05. The molecule has 0 N–H and O–H groups in total. The van der Waals surface area contributed by atoms with Crippen molar-refractivity contribution < 1.29 is 4.42 Å². The predicted octanol–water partition coefficient (Wildman–Crippen LogP) is 16.5. The summed E-state index contributed by atoms with van der Waals surface area (Å²) >= 11 is 0. The molecule has 0 amide bonds. The molecule has 5 heteroatoms. The number of nitrogens with zero attached hydrogens (tertiary/aromatic N) is 4. The van der Waals surface area contributed by atoms with E-state index in [0.717, 1.165) is 82.8 Å². The maximum Gasteiger partial charge on any atom is 0.161 e. The van der Waals surface area contributed by atoms with Crippen LogP contribution in [0.1, 0.15) is 0 Å². The topological polar surface area (TPSA) is 48.8 Å². The molecule has 0 fully saturated rings. The van der Waals surface area contributed by atoms with Crippen LogP contribution in [0.4, 0.5) is 0 Å². The van der Waals surface area contributed by atoms with Gasteiger partial charge in [-0.3, -0.25) is 0 Å². The first-order chi connectivity index (χ1) is 33.2. The highest BCUT2D eigenvalue weighted by Crippen LogP contribution is 2.43. The monoisotopic (exact) mass is 852 g/mol. The van der Waals surface area contributed by atoms with Crippen LogP contribution in [0.25, 0.3) is 143 Å². The third-order valence-corrected chi connectivity index (χ3v) is 14.1. The minimum Gasteiger partial charge on any atom is -0.455 e. The van der Waals surface area contributed by atoms with Crippen molar-refractivity contribution in [1.29, 1.82) is 0 Å². The second kappa shape index (κ2) is 13.7. The van der Waals surface area contributed by atoms with E-state index < -0.39 is 0 Å². The molecule has 0 saturated heterocycles. The number of furan rings is 1. The summed E-state index contributed by atoms with van der Waals surface area (Å²) in [6.07, 6.45) is 0. The van der Waals surface area contributed by atoms with Gasteiger partial charge in [0.25, 0.3) is 0 Å². The van der Waals surface area contributed by atoms with Crippen molar-refractivity contribution in [2.75, 3.05) is 0 Å². The third kappa shape index (κ3) is 5.19. The summed E-state index contributed by atoms with van der Waals surface area (Å²) in [7, 11) is 0. The lowest BCUT2D eigenvalue weighted by Gasteiger charge is -2.16. The van der Waals surface area contributed by atoms with Gasteiger partial charge in [-0.2, -0.15) is 0 Å². The lowest BCUT2D eigenvalue weighted by atomic mass is 10.00. The van der Waals surface area contributed by atoms with Crippen molar-refractivity contribution in [2.24, 2.45) is 0 Å². The quantitative estimate of drug-likeness (QED) is 0.177. The second-order valence-corrected chi connectivity index (χ2v) is 17.7. The van der Waals surface area contributed by atoms with Crippen LogP contribution in [0.15, 0.2) is 223 Å². The molecule has 15 aromatic rings. The van der Waals surface area contributed by atoms with E-state index in [4.69, 9.17) is 14.4 Å². The Labute approximate surface area is 383 Å². The van der Waals surface area contributed by atoms with Crippen LogP contribution in [0, 0.1) is 0 Å². The van der Waals surface area contributed by atoms with Crippen LogP contribution in [0.5, 0.6) is 0 Å². The Morgan fingerprint density at radius 3 is 1.88 bits per heavy atom. The number of aromatic nitrogens is 4. The van der Waals surface area contributed by atoms with Crippen LogP contribution in [-0.4, -0.2) is 19.1 Å². The van der Waals surface area contributed by atoms with E-state index >= 15 is 0 Å². The molecule has 11 aromatic carbocycles. The molecule has 0 unspecified atom stereocenters. The van der Waals surface area contributed by atoms with E-state index in [1.54, 1.807) is 0 Å². The van der Waals surface area contributed by atoms with Crippen molar-refractivity contribution in [2.45, 2.75) is 0 Å². The predicted molar refractivity (Wildman–Crippen MR) is 279 cm³/mol. The van der Waals surface area contributed by atoms with Gasteiger partial charge in [0.2, 0.25) is 0 Å². The molecule has 0 aliphatic rings. The van der Waals surface area contributed by atoms with Gasteiger partial charge in [-0.05, 0) is 82.2 Å². The van der Waals surface area contributed by atoms with E-state index in [9.17, 15) is 0 Å². The van der Waals surface area contributed by atoms with Crippen molar-refractivity contribution in [3.8, 4) is 34.0 Å². The summed E-state index contributed by atoms with van der Waals surface area (Å²) in [6.45, 7) is 0. The van der Waals surface area contributed by atoms with Gasteiger partial charge >= 0.3 is 0 Å². The first kappa shape index (κ1) is 36.3. The van der Waals surface area contributed by atoms with E-state index in [1.807, 2.05) is 18.2 Å². The summed E-state index contributed by atoms with van der Waals surface area (Å²) in [5.74, 6) is 0.665. The Kier molecular flexibility index (Phi) is 7.44. The summed E-state index contributed by atoms with van der Waals surface area (Å²) < 4.78 is 11.5. The van der Waals surface area contributed by atoms with Gasteiger partial charge in [0, 0.05) is 65.3 Å². The smallest absolute Gasteiger partial charge is 0.161 e. The standard InChI is InChI=1S/C62H36N4O/c1-2-16-39-35-56-52(34-38(39)15-1)45-31-29-40(65-54-26-11-8-20-44(54)47-30-28-37-14-3-4-17-41(37)60(47)65)36-57(45)66(56)55-33-32-49(42-18-5-6-19-43(42)55)62-63-53-25-10-7-22-50(53)59(64-62)51-24-13-23-48-46-21-9-12-27-58(46)67-61(48)51/h1-36H. The zero-order valence-corrected chi connectivity index (χ0v) is 36.0. The second-order valence-electron chi connectivity index (χ2n) is 17.7. The summed E-state index contributed by atoms with van der Waals surface area (Å²) in [4.78, 5) is 10.8. The van der Waals surface area contributed by atoms with Crippen LogP contribution in [0.3, 0.4) is 0 Å². The number of para-hydroxylation sites is 4. The molecule has 0 spiro atoms. The van der Waals surface area contributed by atoms with Crippen LogP contribution in [0.2, 0.25) is 0 Å². The van der Waals surface area contributed by atoms with E-state index in [0.29, 0.717) is 5.82 Å². The zero-order chi connectivity index (χ0) is 43.7. The Balaban J connectivity index is 0.998. The van der Waals surface area contributed by atoms with Crippen molar-refractivity contribution in [3.05, 3.63) is 218 Å². The molecule has 0 radical (unpaired) electrons. The van der Waals surface area contributed by atoms with E-state index in [2.05, 4.69) is 209 Å². The largest absolute Gasteiger partial charge is 0.455 e.